The highest BCUT2D eigenvalue weighted by Crippen LogP contribution is 2.24. The first-order valence-electron chi connectivity index (χ1n) is 7.58. The Morgan fingerprint density at radius 3 is 2.78 bits per heavy atom. The predicted octanol–water partition coefficient (Wildman–Crippen LogP) is 3.23. The number of para-hydroxylation sites is 1. The highest BCUT2D eigenvalue weighted by molar-refractivity contribution is 5.84. The van der Waals surface area contributed by atoms with Gasteiger partial charge in [-0.25, -0.2) is 15.0 Å². The second kappa shape index (κ2) is 6.71. The number of rotatable bonds is 5. The lowest BCUT2D eigenvalue weighted by molar-refractivity contribution is 0.246. The van der Waals surface area contributed by atoms with Gasteiger partial charge >= 0.3 is 0 Å². The van der Waals surface area contributed by atoms with E-state index in [4.69, 9.17) is 9.72 Å². The van der Waals surface area contributed by atoms with Gasteiger partial charge in [-0.1, -0.05) is 18.2 Å². The quantitative estimate of drug-likeness (QED) is 0.724. The van der Waals surface area contributed by atoms with Crippen molar-refractivity contribution in [2.75, 3.05) is 14.2 Å². The SMILES string of the molecule is COc1cccc2ccc(CN(C)[C@@H](C)c3ccncn3)nc12. The molecule has 0 saturated heterocycles. The van der Waals surface area contributed by atoms with Gasteiger partial charge in [-0.3, -0.25) is 4.90 Å². The van der Waals surface area contributed by atoms with E-state index in [0.717, 1.165) is 34.6 Å². The average molecular weight is 308 g/mol. The normalized spacial score (nSPS) is 12.5. The molecule has 3 aromatic rings. The summed E-state index contributed by atoms with van der Waals surface area (Å²) in [6.07, 6.45) is 3.35. The maximum Gasteiger partial charge on any atom is 0.145 e. The van der Waals surface area contributed by atoms with Crippen molar-refractivity contribution in [3.05, 3.63) is 60.3 Å². The molecule has 23 heavy (non-hydrogen) atoms. The molecular weight excluding hydrogens is 288 g/mol. The first-order chi connectivity index (χ1) is 11.2. The number of hydrogen-bond donors (Lipinski definition) is 0. The minimum absolute atomic E-state index is 0.188. The third kappa shape index (κ3) is 3.29. The number of hydrogen-bond acceptors (Lipinski definition) is 5. The number of fused-ring (bicyclic) bond motifs is 1. The van der Waals surface area contributed by atoms with E-state index in [1.54, 1.807) is 19.6 Å². The van der Waals surface area contributed by atoms with Crippen LogP contribution in [0.5, 0.6) is 5.75 Å². The maximum atomic E-state index is 5.41. The third-order valence-corrected chi connectivity index (χ3v) is 4.07. The highest BCUT2D eigenvalue weighted by atomic mass is 16.5. The zero-order valence-electron chi connectivity index (χ0n) is 13.6. The summed E-state index contributed by atoms with van der Waals surface area (Å²) in [5, 5.41) is 1.08. The molecule has 1 atom stereocenters. The minimum atomic E-state index is 0.188. The van der Waals surface area contributed by atoms with E-state index in [0.29, 0.717) is 0 Å². The Kier molecular flexibility index (Phi) is 4.48. The number of benzene rings is 1. The summed E-state index contributed by atoms with van der Waals surface area (Å²) in [4.78, 5) is 15.3. The summed E-state index contributed by atoms with van der Waals surface area (Å²) in [5.41, 5.74) is 2.90. The molecule has 3 rings (SSSR count). The van der Waals surface area contributed by atoms with Crippen molar-refractivity contribution in [3.8, 4) is 5.75 Å². The second-order valence-electron chi connectivity index (χ2n) is 5.56. The molecule has 0 aliphatic rings. The molecule has 0 saturated carbocycles. The molecule has 0 N–H and O–H groups in total. The first-order valence-corrected chi connectivity index (χ1v) is 7.58. The van der Waals surface area contributed by atoms with Crippen molar-refractivity contribution in [2.24, 2.45) is 0 Å². The Morgan fingerprint density at radius 1 is 1.17 bits per heavy atom. The summed E-state index contributed by atoms with van der Waals surface area (Å²) in [7, 11) is 3.74. The van der Waals surface area contributed by atoms with Crippen LogP contribution in [-0.4, -0.2) is 34.0 Å². The zero-order valence-corrected chi connectivity index (χ0v) is 13.6. The van der Waals surface area contributed by atoms with E-state index in [1.807, 2.05) is 24.3 Å². The van der Waals surface area contributed by atoms with Crippen molar-refractivity contribution >= 4 is 10.9 Å². The van der Waals surface area contributed by atoms with Gasteiger partial charge in [0.25, 0.3) is 0 Å². The van der Waals surface area contributed by atoms with Gasteiger partial charge in [0.1, 0.15) is 17.6 Å². The molecule has 0 amide bonds. The number of ether oxygens (including phenoxy) is 1. The second-order valence-corrected chi connectivity index (χ2v) is 5.56. The molecule has 0 radical (unpaired) electrons. The van der Waals surface area contributed by atoms with Gasteiger partial charge in [-0.15, -0.1) is 0 Å². The highest BCUT2D eigenvalue weighted by Gasteiger charge is 2.14. The van der Waals surface area contributed by atoms with E-state index in [-0.39, 0.29) is 6.04 Å². The van der Waals surface area contributed by atoms with Crippen LogP contribution in [0.15, 0.2) is 48.9 Å². The Balaban J connectivity index is 1.83. The fourth-order valence-electron chi connectivity index (χ4n) is 2.58. The van der Waals surface area contributed by atoms with Gasteiger partial charge in [0, 0.05) is 24.2 Å². The van der Waals surface area contributed by atoms with Crippen LogP contribution in [0.1, 0.15) is 24.4 Å². The van der Waals surface area contributed by atoms with E-state index >= 15 is 0 Å². The van der Waals surface area contributed by atoms with Gasteiger partial charge in [0.15, 0.2) is 0 Å². The van der Waals surface area contributed by atoms with E-state index < -0.39 is 0 Å². The van der Waals surface area contributed by atoms with Crippen LogP contribution >= 0.6 is 0 Å². The van der Waals surface area contributed by atoms with Crippen molar-refractivity contribution in [2.45, 2.75) is 19.5 Å². The van der Waals surface area contributed by atoms with E-state index in [9.17, 15) is 0 Å². The number of pyridine rings is 1. The lowest BCUT2D eigenvalue weighted by Gasteiger charge is -2.23. The fourth-order valence-corrected chi connectivity index (χ4v) is 2.58. The van der Waals surface area contributed by atoms with Gasteiger partial charge in [0.05, 0.1) is 18.5 Å². The molecular formula is C18H20N4O. The summed E-state index contributed by atoms with van der Waals surface area (Å²) >= 11 is 0. The minimum Gasteiger partial charge on any atom is -0.494 e. The molecule has 118 valence electrons. The topological polar surface area (TPSA) is 51.1 Å². The van der Waals surface area contributed by atoms with Gasteiger partial charge in [-0.2, -0.15) is 0 Å². The van der Waals surface area contributed by atoms with Gasteiger partial charge in [0.2, 0.25) is 0 Å². The molecule has 2 aromatic heterocycles. The molecule has 0 aliphatic carbocycles. The molecule has 5 heteroatoms. The Hall–Kier alpha value is -2.53. The van der Waals surface area contributed by atoms with E-state index in [2.05, 4.69) is 41.0 Å². The molecule has 0 unspecified atom stereocenters. The maximum absolute atomic E-state index is 5.41. The molecule has 5 nitrogen and oxygen atoms in total. The Morgan fingerprint density at radius 2 is 2.04 bits per heavy atom. The Labute approximate surface area is 136 Å². The molecule has 0 bridgehead atoms. The standard InChI is InChI=1S/C18H20N4O/c1-13(16-9-10-19-12-20-16)22(2)11-15-8-7-14-5-4-6-17(23-3)18(14)21-15/h4-10,12-13H,11H2,1-3H3/t13-/m0/s1. The third-order valence-electron chi connectivity index (χ3n) is 4.07. The lowest BCUT2D eigenvalue weighted by Crippen LogP contribution is -2.23. The number of aromatic nitrogens is 3. The monoisotopic (exact) mass is 308 g/mol. The van der Waals surface area contributed by atoms with Crippen LogP contribution in [0.2, 0.25) is 0 Å². The van der Waals surface area contributed by atoms with Crippen molar-refractivity contribution < 1.29 is 4.74 Å². The smallest absolute Gasteiger partial charge is 0.145 e. The van der Waals surface area contributed by atoms with E-state index in [1.165, 1.54) is 0 Å². The van der Waals surface area contributed by atoms with Gasteiger partial charge in [-0.05, 0) is 32.2 Å². The van der Waals surface area contributed by atoms with Gasteiger partial charge < -0.3 is 4.74 Å². The predicted molar refractivity (Wildman–Crippen MR) is 90.2 cm³/mol. The molecule has 2 heterocycles. The molecule has 0 spiro atoms. The summed E-state index contributed by atoms with van der Waals surface area (Å²) in [5.74, 6) is 0.802. The summed E-state index contributed by atoms with van der Waals surface area (Å²) in [6, 6.07) is 12.2. The summed E-state index contributed by atoms with van der Waals surface area (Å²) < 4.78 is 5.41. The van der Waals surface area contributed by atoms with Crippen LogP contribution < -0.4 is 4.74 Å². The van der Waals surface area contributed by atoms with Crippen molar-refractivity contribution in [1.82, 2.24) is 19.9 Å². The Bertz CT molecular complexity index is 791. The lowest BCUT2D eigenvalue weighted by atomic mass is 10.1. The van der Waals surface area contributed by atoms with Crippen LogP contribution in [0.3, 0.4) is 0 Å². The van der Waals surface area contributed by atoms with Crippen LogP contribution in [-0.2, 0) is 6.54 Å². The largest absolute Gasteiger partial charge is 0.494 e. The van der Waals surface area contributed by atoms with Crippen LogP contribution in [0.25, 0.3) is 10.9 Å². The number of methoxy groups -OCH3 is 1. The molecule has 1 aromatic carbocycles. The molecule has 0 aliphatic heterocycles. The van der Waals surface area contributed by atoms with Crippen molar-refractivity contribution in [3.63, 3.8) is 0 Å². The summed E-state index contributed by atoms with van der Waals surface area (Å²) in [6.45, 7) is 2.86. The van der Waals surface area contributed by atoms with Crippen LogP contribution in [0.4, 0.5) is 0 Å². The zero-order chi connectivity index (χ0) is 16.2. The van der Waals surface area contributed by atoms with Crippen LogP contribution in [0, 0.1) is 0 Å². The first kappa shape index (κ1) is 15.4. The average Bonchev–Trinajstić information content (AvgIpc) is 2.61. The molecule has 0 fully saturated rings. The fraction of sp³-hybridized carbons (Fsp3) is 0.278. The van der Waals surface area contributed by atoms with Crippen molar-refractivity contribution in [1.29, 1.82) is 0 Å². The number of nitrogens with zero attached hydrogens (tertiary/aromatic N) is 4.